The molecule has 0 atom stereocenters. The normalized spacial score (nSPS) is 12.1. The first-order chi connectivity index (χ1) is 7.76. The molecule has 1 rings (SSSR count). The molecule has 0 unspecified atom stereocenters. The van der Waals surface area contributed by atoms with Crippen LogP contribution in [-0.2, 0) is 10.0 Å². The van der Waals surface area contributed by atoms with Crippen molar-refractivity contribution in [3.05, 3.63) is 29.8 Å². The van der Waals surface area contributed by atoms with Crippen LogP contribution in [0.1, 0.15) is 19.4 Å². The molecule has 0 aliphatic carbocycles. The van der Waals surface area contributed by atoms with Crippen molar-refractivity contribution in [3.8, 4) is 0 Å². The predicted molar refractivity (Wildman–Crippen MR) is 72.4 cm³/mol. The third kappa shape index (κ3) is 3.02. The Hall–Kier alpha value is -0.980. The van der Waals surface area contributed by atoms with Gasteiger partial charge in [-0.05, 0) is 26.0 Å². The monoisotopic (exact) mass is 272 g/mol. The fraction of sp³-hybridized carbons (Fsp3) is 0.364. The zero-order valence-electron chi connectivity index (χ0n) is 10.0. The molecule has 2 N–H and O–H groups in total. The Morgan fingerprint density at radius 1 is 1.29 bits per heavy atom. The average molecular weight is 272 g/mol. The number of rotatable bonds is 4. The smallest absolute Gasteiger partial charge is 0.243 e. The first kappa shape index (κ1) is 14.1. The van der Waals surface area contributed by atoms with E-state index in [-0.39, 0.29) is 15.9 Å². The minimum atomic E-state index is -3.43. The predicted octanol–water partition coefficient (Wildman–Crippen LogP) is 1.35. The fourth-order valence-electron chi connectivity index (χ4n) is 1.23. The lowest BCUT2D eigenvalue weighted by atomic mass is 10.2. The highest BCUT2D eigenvalue weighted by atomic mass is 32.2. The Morgan fingerprint density at radius 2 is 1.76 bits per heavy atom. The first-order valence-corrected chi connectivity index (χ1v) is 6.99. The molecule has 0 aromatic heterocycles. The SMILES string of the molecule is CC(C)N(C)S(=O)(=O)c1ccc(C(N)=S)cc1. The Labute approximate surface area is 107 Å². The van der Waals surface area contributed by atoms with Crippen LogP contribution in [0.15, 0.2) is 29.2 Å². The lowest BCUT2D eigenvalue weighted by Gasteiger charge is -2.20. The van der Waals surface area contributed by atoms with Gasteiger partial charge in [0.1, 0.15) is 4.99 Å². The Kier molecular flexibility index (Phi) is 4.24. The molecule has 1 aromatic rings. The van der Waals surface area contributed by atoms with Gasteiger partial charge < -0.3 is 5.73 Å². The molecule has 94 valence electrons. The van der Waals surface area contributed by atoms with Crippen molar-refractivity contribution in [1.29, 1.82) is 0 Å². The molecule has 0 aliphatic rings. The van der Waals surface area contributed by atoms with Gasteiger partial charge in [0.05, 0.1) is 4.90 Å². The highest BCUT2D eigenvalue weighted by Gasteiger charge is 2.22. The summed E-state index contributed by atoms with van der Waals surface area (Å²) in [5.41, 5.74) is 6.11. The van der Waals surface area contributed by atoms with Crippen molar-refractivity contribution in [2.75, 3.05) is 7.05 Å². The number of nitrogens with zero attached hydrogens (tertiary/aromatic N) is 1. The summed E-state index contributed by atoms with van der Waals surface area (Å²) in [6.45, 7) is 3.64. The highest BCUT2D eigenvalue weighted by molar-refractivity contribution is 7.89. The topological polar surface area (TPSA) is 63.4 Å². The molecular weight excluding hydrogens is 256 g/mol. The van der Waals surface area contributed by atoms with E-state index in [9.17, 15) is 8.42 Å². The molecule has 0 radical (unpaired) electrons. The van der Waals surface area contributed by atoms with Gasteiger partial charge in [-0.25, -0.2) is 8.42 Å². The lowest BCUT2D eigenvalue weighted by molar-refractivity contribution is 0.410. The molecule has 0 spiro atoms. The maximum atomic E-state index is 12.1. The summed E-state index contributed by atoms with van der Waals surface area (Å²) in [6.07, 6.45) is 0. The average Bonchev–Trinajstić information content (AvgIpc) is 2.27. The molecule has 6 heteroatoms. The standard InChI is InChI=1S/C11H16N2O2S2/c1-8(2)13(3)17(14,15)10-6-4-9(5-7-10)11(12)16/h4-8H,1-3H3,(H2,12,16). The summed E-state index contributed by atoms with van der Waals surface area (Å²) in [7, 11) is -1.87. The third-order valence-corrected chi connectivity index (χ3v) is 4.83. The summed E-state index contributed by atoms with van der Waals surface area (Å²) >= 11 is 4.81. The second-order valence-corrected chi connectivity index (χ2v) is 6.44. The maximum absolute atomic E-state index is 12.1. The molecular formula is C11H16N2O2S2. The number of hydrogen-bond donors (Lipinski definition) is 1. The van der Waals surface area contributed by atoms with Gasteiger partial charge in [0, 0.05) is 18.7 Å². The van der Waals surface area contributed by atoms with Crippen molar-refractivity contribution < 1.29 is 8.42 Å². The second kappa shape index (κ2) is 5.12. The van der Waals surface area contributed by atoms with Crippen molar-refractivity contribution in [2.45, 2.75) is 24.8 Å². The first-order valence-electron chi connectivity index (χ1n) is 5.14. The van der Waals surface area contributed by atoms with E-state index in [2.05, 4.69) is 0 Å². The molecule has 0 fully saturated rings. The largest absolute Gasteiger partial charge is 0.389 e. The molecule has 0 bridgehead atoms. The van der Waals surface area contributed by atoms with Crippen LogP contribution in [0.25, 0.3) is 0 Å². The zero-order chi connectivity index (χ0) is 13.2. The van der Waals surface area contributed by atoms with Gasteiger partial charge in [-0.3, -0.25) is 0 Å². The number of nitrogens with two attached hydrogens (primary N) is 1. The van der Waals surface area contributed by atoms with Gasteiger partial charge in [-0.2, -0.15) is 4.31 Å². The van der Waals surface area contributed by atoms with Crippen molar-refractivity contribution in [1.82, 2.24) is 4.31 Å². The summed E-state index contributed by atoms with van der Waals surface area (Å²) in [6, 6.07) is 6.17. The Bertz CT molecular complexity index is 507. The van der Waals surface area contributed by atoms with Crippen LogP contribution in [0.5, 0.6) is 0 Å². The van der Waals surface area contributed by atoms with Gasteiger partial charge in [-0.15, -0.1) is 0 Å². The van der Waals surface area contributed by atoms with Gasteiger partial charge >= 0.3 is 0 Å². The van der Waals surface area contributed by atoms with Crippen molar-refractivity contribution in [2.24, 2.45) is 5.73 Å². The van der Waals surface area contributed by atoms with E-state index < -0.39 is 10.0 Å². The molecule has 0 heterocycles. The summed E-state index contributed by atoms with van der Waals surface area (Å²) < 4.78 is 25.6. The molecule has 1 aromatic carbocycles. The molecule has 4 nitrogen and oxygen atoms in total. The van der Waals surface area contributed by atoms with Crippen molar-refractivity contribution in [3.63, 3.8) is 0 Å². The molecule has 0 amide bonds. The van der Waals surface area contributed by atoms with Crippen LogP contribution < -0.4 is 5.73 Å². The Balaban J connectivity index is 3.13. The minimum absolute atomic E-state index is 0.0877. The Morgan fingerprint density at radius 3 is 2.12 bits per heavy atom. The molecule has 0 aliphatic heterocycles. The van der Waals surface area contributed by atoms with Gasteiger partial charge in [-0.1, -0.05) is 24.4 Å². The number of hydrogen-bond acceptors (Lipinski definition) is 3. The number of sulfonamides is 1. The van der Waals surface area contributed by atoms with Crippen LogP contribution in [0.3, 0.4) is 0 Å². The van der Waals surface area contributed by atoms with Gasteiger partial charge in [0.15, 0.2) is 0 Å². The fourth-order valence-corrected chi connectivity index (χ4v) is 2.74. The summed E-state index contributed by atoms with van der Waals surface area (Å²) in [5.74, 6) is 0. The van der Waals surface area contributed by atoms with E-state index in [0.717, 1.165) is 0 Å². The third-order valence-electron chi connectivity index (χ3n) is 2.54. The minimum Gasteiger partial charge on any atom is -0.389 e. The van der Waals surface area contributed by atoms with E-state index in [0.29, 0.717) is 5.56 Å². The van der Waals surface area contributed by atoms with Crippen LogP contribution in [0.2, 0.25) is 0 Å². The van der Waals surface area contributed by atoms with E-state index in [4.69, 9.17) is 18.0 Å². The quantitative estimate of drug-likeness (QED) is 0.840. The van der Waals surface area contributed by atoms with Crippen LogP contribution in [0.4, 0.5) is 0 Å². The summed E-state index contributed by atoms with van der Waals surface area (Å²) in [4.78, 5) is 0.500. The zero-order valence-corrected chi connectivity index (χ0v) is 11.7. The van der Waals surface area contributed by atoms with Crippen LogP contribution >= 0.6 is 12.2 Å². The molecule has 0 saturated carbocycles. The molecule has 17 heavy (non-hydrogen) atoms. The van der Waals surface area contributed by atoms with Crippen LogP contribution in [-0.4, -0.2) is 30.8 Å². The number of thiocarbonyl (C=S) groups is 1. The van der Waals surface area contributed by atoms with Crippen LogP contribution in [0, 0.1) is 0 Å². The lowest BCUT2D eigenvalue weighted by Crippen LogP contribution is -2.33. The van der Waals surface area contributed by atoms with Gasteiger partial charge in [0.25, 0.3) is 0 Å². The van der Waals surface area contributed by atoms with Crippen molar-refractivity contribution >= 4 is 27.2 Å². The van der Waals surface area contributed by atoms with E-state index in [1.54, 1.807) is 19.2 Å². The van der Waals surface area contributed by atoms with E-state index in [1.807, 2.05) is 13.8 Å². The van der Waals surface area contributed by atoms with Gasteiger partial charge in [0.2, 0.25) is 10.0 Å². The summed E-state index contributed by atoms with van der Waals surface area (Å²) in [5, 5.41) is 0. The van der Waals surface area contributed by atoms with E-state index >= 15 is 0 Å². The van der Waals surface area contributed by atoms with E-state index in [1.165, 1.54) is 16.4 Å². The number of benzene rings is 1. The maximum Gasteiger partial charge on any atom is 0.243 e. The molecule has 0 saturated heterocycles. The highest BCUT2D eigenvalue weighted by Crippen LogP contribution is 2.17. The second-order valence-electron chi connectivity index (χ2n) is 4.00.